The predicted molar refractivity (Wildman–Crippen MR) is 68.7 cm³/mol. The molecule has 3 atom stereocenters. The highest BCUT2D eigenvalue weighted by molar-refractivity contribution is 5.18. The van der Waals surface area contributed by atoms with Crippen LogP contribution in [0.5, 0.6) is 0 Å². The molecule has 1 aliphatic heterocycles. The fraction of sp³-hybridized carbons (Fsp3) is 0.786. The van der Waals surface area contributed by atoms with Crippen molar-refractivity contribution in [1.82, 2.24) is 14.7 Å². The van der Waals surface area contributed by atoms with Crippen LogP contribution in [0.15, 0.2) is 18.5 Å². The van der Waals surface area contributed by atoms with Gasteiger partial charge in [0, 0.05) is 42.0 Å². The van der Waals surface area contributed by atoms with Crippen molar-refractivity contribution in [2.45, 2.75) is 64.7 Å². The van der Waals surface area contributed by atoms with Crippen molar-refractivity contribution in [2.75, 3.05) is 0 Å². The molecule has 0 radical (unpaired) electrons. The van der Waals surface area contributed by atoms with E-state index in [2.05, 4.69) is 48.6 Å². The summed E-state index contributed by atoms with van der Waals surface area (Å²) in [6, 6.07) is 3.51. The topological polar surface area (TPSA) is 21.1 Å². The Hall–Kier alpha value is -0.830. The number of likely N-dealkylation sites (tertiary alicyclic amines) is 1. The van der Waals surface area contributed by atoms with Crippen LogP contribution in [-0.4, -0.2) is 32.3 Å². The molecule has 0 N–H and O–H groups in total. The van der Waals surface area contributed by atoms with E-state index in [0.717, 1.165) is 12.6 Å². The average Bonchev–Trinajstić information content (AvgIpc) is 2.61. The molecule has 1 aromatic rings. The van der Waals surface area contributed by atoms with Crippen LogP contribution in [0.1, 0.15) is 40.5 Å². The van der Waals surface area contributed by atoms with E-state index >= 15 is 0 Å². The van der Waals surface area contributed by atoms with E-state index in [1.165, 1.54) is 12.8 Å². The van der Waals surface area contributed by atoms with Gasteiger partial charge in [-0.25, -0.2) is 0 Å². The first-order chi connectivity index (χ1) is 7.92. The Labute approximate surface area is 104 Å². The Balaban J connectivity index is 1.77. The van der Waals surface area contributed by atoms with E-state index in [4.69, 9.17) is 0 Å². The van der Waals surface area contributed by atoms with Gasteiger partial charge in [-0.1, -0.05) is 0 Å². The summed E-state index contributed by atoms with van der Waals surface area (Å²) in [4.78, 5) is 2.72. The second-order valence-electron chi connectivity index (χ2n) is 6.92. The first kappa shape index (κ1) is 11.3. The lowest BCUT2D eigenvalue weighted by Crippen LogP contribution is -2.45. The van der Waals surface area contributed by atoms with E-state index in [1.54, 1.807) is 0 Å². The third kappa shape index (κ3) is 1.71. The minimum atomic E-state index is 0.298. The molecule has 0 aromatic carbocycles. The Kier molecular flexibility index (Phi) is 2.22. The summed E-state index contributed by atoms with van der Waals surface area (Å²) in [7, 11) is 0. The molecule has 1 aromatic heterocycles. The van der Waals surface area contributed by atoms with Crippen LogP contribution in [0.3, 0.4) is 0 Å². The highest BCUT2D eigenvalue weighted by Gasteiger charge is 2.65. The first-order valence-electron chi connectivity index (χ1n) is 6.68. The van der Waals surface area contributed by atoms with E-state index in [9.17, 15) is 0 Å². The van der Waals surface area contributed by atoms with Crippen molar-refractivity contribution in [1.29, 1.82) is 0 Å². The molecule has 3 heteroatoms. The van der Waals surface area contributed by atoms with Crippen LogP contribution < -0.4 is 0 Å². The molecule has 3 nitrogen and oxygen atoms in total. The second-order valence-corrected chi connectivity index (χ2v) is 6.92. The van der Waals surface area contributed by atoms with Gasteiger partial charge in [-0.2, -0.15) is 5.10 Å². The average molecular weight is 233 g/mol. The van der Waals surface area contributed by atoms with Gasteiger partial charge in [-0.05, 0) is 46.6 Å². The first-order valence-corrected chi connectivity index (χ1v) is 6.68. The molecular formula is C14H23N3. The molecule has 0 unspecified atom stereocenters. The summed E-state index contributed by atoms with van der Waals surface area (Å²) < 4.78 is 2.11. The van der Waals surface area contributed by atoms with Crippen LogP contribution in [0, 0.1) is 5.41 Å². The van der Waals surface area contributed by atoms with E-state index in [-0.39, 0.29) is 0 Å². The summed E-state index contributed by atoms with van der Waals surface area (Å²) in [5.41, 5.74) is 0.811. The summed E-state index contributed by atoms with van der Waals surface area (Å²) in [5, 5.41) is 4.36. The van der Waals surface area contributed by atoms with E-state index < -0.39 is 0 Å². The Morgan fingerprint density at radius 1 is 1.35 bits per heavy atom. The number of rotatable bonds is 2. The standard InChI is InChI=1S/C14H23N3/c1-11-8-14(10-16-7-5-6-15-16)9-12(14)17(11)13(2,3)4/h5-7,11-12H,8-10H2,1-4H3/t11-,12-,14+/m1/s1. The van der Waals surface area contributed by atoms with Crippen LogP contribution in [0.4, 0.5) is 0 Å². The zero-order valence-electron chi connectivity index (χ0n) is 11.3. The monoisotopic (exact) mass is 233 g/mol. The SMILES string of the molecule is C[C@@H]1C[C@@]2(Cn3cccn3)C[C@H]2N1C(C)(C)C. The number of hydrogen-bond acceptors (Lipinski definition) is 2. The predicted octanol–water partition coefficient (Wildman–Crippen LogP) is 2.53. The van der Waals surface area contributed by atoms with Gasteiger partial charge in [0.1, 0.15) is 0 Å². The summed E-state index contributed by atoms with van der Waals surface area (Å²) in [6.07, 6.45) is 6.66. The van der Waals surface area contributed by atoms with Crippen LogP contribution in [0.25, 0.3) is 0 Å². The van der Waals surface area contributed by atoms with Crippen LogP contribution >= 0.6 is 0 Å². The summed E-state index contributed by atoms with van der Waals surface area (Å²) in [5.74, 6) is 0. The molecule has 2 aliphatic rings. The van der Waals surface area contributed by atoms with E-state index in [0.29, 0.717) is 17.0 Å². The van der Waals surface area contributed by atoms with Crippen LogP contribution in [0.2, 0.25) is 0 Å². The molecule has 1 aliphatic carbocycles. The van der Waals surface area contributed by atoms with Crippen molar-refractivity contribution in [3.63, 3.8) is 0 Å². The fourth-order valence-electron chi connectivity index (χ4n) is 4.01. The molecule has 0 spiro atoms. The molecule has 1 saturated carbocycles. The molecule has 3 rings (SSSR count). The number of fused-ring (bicyclic) bond motifs is 1. The van der Waals surface area contributed by atoms with Crippen molar-refractivity contribution in [2.24, 2.45) is 5.41 Å². The second kappa shape index (κ2) is 3.35. The lowest BCUT2D eigenvalue weighted by molar-refractivity contribution is 0.104. The van der Waals surface area contributed by atoms with Crippen LogP contribution in [-0.2, 0) is 6.54 Å². The van der Waals surface area contributed by atoms with Crippen molar-refractivity contribution in [3.8, 4) is 0 Å². The number of hydrogen-bond donors (Lipinski definition) is 0. The largest absolute Gasteiger partial charge is 0.292 e. The van der Waals surface area contributed by atoms with Gasteiger partial charge in [0.25, 0.3) is 0 Å². The molecular weight excluding hydrogens is 210 g/mol. The van der Waals surface area contributed by atoms with Crippen molar-refractivity contribution < 1.29 is 0 Å². The third-order valence-electron chi connectivity index (χ3n) is 4.47. The van der Waals surface area contributed by atoms with Gasteiger partial charge >= 0.3 is 0 Å². The number of piperidine rings is 1. The molecule has 2 heterocycles. The third-order valence-corrected chi connectivity index (χ3v) is 4.47. The smallest absolute Gasteiger partial charge is 0.0489 e. The molecule has 0 bridgehead atoms. The lowest BCUT2D eigenvalue weighted by Gasteiger charge is -2.37. The molecule has 0 amide bonds. The number of aromatic nitrogens is 2. The zero-order chi connectivity index (χ0) is 12.3. The van der Waals surface area contributed by atoms with Gasteiger partial charge in [0.05, 0.1) is 0 Å². The lowest BCUT2D eigenvalue weighted by atomic mass is 9.99. The molecule has 1 saturated heterocycles. The maximum Gasteiger partial charge on any atom is 0.0489 e. The maximum absolute atomic E-state index is 4.36. The van der Waals surface area contributed by atoms with Gasteiger partial charge in [-0.3, -0.25) is 9.58 Å². The van der Waals surface area contributed by atoms with Crippen molar-refractivity contribution >= 4 is 0 Å². The van der Waals surface area contributed by atoms with Crippen molar-refractivity contribution in [3.05, 3.63) is 18.5 Å². The highest BCUT2D eigenvalue weighted by atomic mass is 15.3. The molecule has 94 valence electrons. The van der Waals surface area contributed by atoms with Gasteiger partial charge < -0.3 is 0 Å². The minimum Gasteiger partial charge on any atom is -0.292 e. The summed E-state index contributed by atoms with van der Waals surface area (Å²) in [6.45, 7) is 10.5. The van der Waals surface area contributed by atoms with Gasteiger partial charge in [0.2, 0.25) is 0 Å². The molecule has 17 heavy (non-hydrogen) atoms. The summed E-state index contributed by atoms with van der Waals surface area (Å²) >= 11 is 0. The Bertz CT molecular complexity index is 404. The number of nitrogens with zero attached hydrogens (tertiary/aromatic N) is 3. The fourth-order valence-corrected chi connectivity index (χ4v) is 4.01. The zero-order valence-corrected chi connectivity index (χ0v) is 11.3. The van der Waals surface area contributed by atoms with Gasteiger partial charge in [0.15, 0.2) is 0 Å². The quantitative estimate of drug-likeness (QED) is 0.782. The Morgan fingerprint density at radius 2 is 2.12 bits per heavy atom. The van der Waals surface area contributed by atoms with E-state index in [1.807, 2.05) is 12.3 Å². The van der Waals surface area contributed by atoms with Gasteiger partial charge in [-0.15, -0.1) is 0 Å². The molecule has 2 fully saturated rings. The normalized spacial score (nSPS) is 37.2. The maximum atomic E-state index is 4.36. The Morgan fingerprint density at radius 3 is 2.65 bits per heavy atom. The highest BCUT2D eigenvalue weighted by Crippen LogP contribution is 2.62. The minimum absolute atomic E-state index is 0.298.